The van der Waals surface area contributed by atoms with Crippen molar-refractivity contribution in [2.45, 2.75) is 19.4 Å². The van der Waals surface area contributed by atoms with Crippen molar-refractivity contribution >= 4 is 22.6 Å². The molecule has 1 aromatic heterocycles. The lowest BCUT2D eigenvalue weighted by atomic mass is 10.1. The second-order valence-electron chi connectivity index (χ2n) is 5.36. The zero-order chi connectivity index (χ0) is 18.9. The number of benzene rings is 2. The molecule has 0 fully saturated rings. The number of nitrogens with one attached hydrogen (secondary N) is 1. The lowest BCUT2D eigenvalue weighted by Crippen LogP contribution is -2.17. The first-order valence-corrected chi connectivity index (χ1v) is 7.96. The highest BCUT2D eigenvalue weighted by atomic mass is 35.5. The number of aromatic nitrogens is 2. The number of ether oxygens (including phenoxy) is 2. The van der Waals surface area contributed by atoms with Gasteiger partial charge in [0.2, 0.25) is 0 Å². The molecule has 1 N–H and O–H groups in total. The molecule has 3 aromatic rings. The Kier molecular flexibility index (Phi) is 5.06. The first-order valence-electron chi connectivity index (χ1n) is 7.59. The third-order valence-electron chi connectivity index (χ3n) is 3.53. The van der Waals surface area contributed by atoms with E-state index in [2.05, 4.69) is 14.7 Å². The number of H-pyrrole nitrogens is 1. The van der Waals surface area contributed by atoms with Crippen LogP contribution in [-0.2, 0) is 4.74 Å². The summed E-state index contributed by atoms with van der Waals surface area (Å²) in [7, 11) is 0. The smallest absolute Gasteiger partial charge is 0.404 e. The van der Waals surface area contributed by atoms with Gasteiger partial charge in [0.05, 0.1) is 16.1 Å². The van der Waals surface area contributed by atoms with E-state index in [-0.39, 0.29) is 5.02 Å². The van der Waals surface area contributed by atoms with Crippen LogP contribution >= 0.6 is 11.6 Å². The molecule has 9 heteroatoms. The van der Waals surface area contributed by atoms with Gasteiger partial charge in [0.15, 0.2) is 0 Å². The van der Waals surface area contributed by atoms with Crippen molar-refractivity contribution in [3.63, 3.8) is 0 Å². The Bertz CT molecular complexity index is 927. The Balaban J connectivity index is 1.97. The molecular formula is C17H13ClF4N2O2. The summed E-state index contributed by atoms with van der Waals surface area (Å²) in [6.07, 6.45) is -5.55. The maximum Gasteiger partial charge on any atom is 0.573 e. The fourth-order valence-corrected chi connectivity index (χ4v) is 2.74. The molecule has 3 rings (SSSR count). The van der Waals surface area contributed by atoms with Gasteiger partial charge in [-0.1, -0.05) is 17.7 Å². The van der Waals surface area contributed by atoms with Gasteiger partial charge in [0, 0.05) is 12.7 Å². The number of halogens is 5. The first kappa shape index (κ1) is 18.5. The first-order chi connectivity index (χ1) is 12.3. The maximum atomic E-state index is 13.3. The fourth-order valence-electron chi connectivity index (χ4n) is 2.51. The van der Waals surface area contributed by atoms with E-state index in [1.54, 1.807) is 6.92 Å². The molecule has 0 radical (unpaired) electrons. The van der Waals surface area contributed by atoms with Crippen molar-refractivity contribution in [2.75, 3.05) is 6.61 Å². The molecule has 0 spiro atoms. The highest BCUT2D eigenvalue weighted by Crippen LogP contribution is 2.34. The van der Waals surface area contributed by atoms with Crippen LogP contribution in [0.2, 0.25) is 5.02 Å². The van der Waals surface area contributed by atoms with Crippen LogP contribution in [0.25, 0.3) is 11.0 Å². The van der Waals surface area contributed by atoms with Gasteiger partial charge in [0.25, 0.3) is 0 Å². The summed E-state index contributed by atoms with van der Waals surface area (Å²) in [5.74, 6) is -0.557. The van der Waals surface area contributed by atoms with Crippen molar-refractivity contribution in [3.05, 3.63) is 58.6 Å². The fraction of sp³-hybridized carbons (Fsp3) is 0.235. The van der Waals surface area contributed by atoms with Gasteiger partial charge in [-0.05, 0) is 36.8 Å². The van der Waals surface area contributed by atoms with E-state index in [1.807, 2.05) is 0 Å². The van der Waals surface area contributed by atoms with E-state index in [4.69, 9.17) is 16.3 Å². The van der Waals surface area contributed by atoms with Crippen LogP contribution in [0.4, 0.5) is 17.6 Å². The summed E-state index contributed by atoms with van der Waals surface area (Å²) in [6.45, 7) is 2.08. The van der Waals surface area contributed by atoms with E-state index in [0.29, 0.717) is 29.0 Å². The number of alkyl halides is 3. The van der Waals surface area contributed by atoms with Gasteiger partial charge < -0.3 is 14.5 Å². The molecule has 0 aliphatic carbocycles. The predicted molar refractivity (Wildman–Crippen MR) is 87.7 cm³/mol. The Hall–Kier alpha value is -2.32. The molecule has 26 heavy (non-hydrogen) atoms. The number of imidazole rings is 1. The number of hydrogen-bond acceptors (Lipinski definition) is 3. The maximum absolute atomic E-state index is 13.3. The number of rotatable bonds is 5. The summed E-state index contributed by atoms with van der Waals surface area (Å²) in [5, 5.41) is -0.216. The van der Waals surface area contributed by atoms with Gasteiger partial charge in [0.1, 0.15) is 23.5 Å². The van der Waals surface area contributed by atoms with Crippen LogP contribution in [-0.4, -0.2) is 22.9 Å². The molecule has 0 bridgehead atoms. The minimum atomic E-state index is -4.84. The van der Waals surface area contributed by atoms with Crippen molar-refractivity contribution in [1.29, 1.82) is 0 Å². The highest BCUT2D eigenvalue weighted by Gasteiger charge is 2.32. The third kappa shape index (κ3) is 4.08. The molecule has 1 unspecified atom stereocenters. The Morgan fingerprint density at radius 1 is 1.19 bits per heavy atom. The number of fused-ring (bicyclic) bond motifs is 1. The van der Waals surface area contributed by atoms with Crippen LogP contribution in [0, 0.1) is 5.82 Å². The van der Waals surface area contributed by atoms with Gasteiger partial charge in [-0.15, -0.1) is 13.2 Å². The Morgan fingerprint density at radius 3 is 2.62 bits per heavy atom. The van der Waals surface area contributed by atoms with Crippen LogP contribution in [0.15, 0.2) is 36.4 Å². The van der Waals surface area contributed by atoms with Crippen molar-refractivity contribution in [2.24, 2.45) is 0 Å². The molecule has 1 atom stereocenters. The second kappa shape index (κ2) is 7.13. The largest absolute Gasteiger partial charge is 0.573 e. The van der Waals surface area contributed by atoms with Crippen LogP contribution in [0.5, 0.6) is 5.75 Å². The second-order valence-corrected chi connectivity index (χ2v) is 5.76. The van der Waals surface area contributed by atoms with E-state index in [9.17, 15) is 17.6 Å². The Morgan fingerprint density at radius 2 is 1.96 bits per heavy atom. The summed E-state index contributed by atoms with van der Waals surface area (Å²) in [5.41, 5.74) is 1.49. The number of nitrogens with zero attached hydrogens (tertiary/aromatic N) is 1. The molecular weight excluding hydrogens is 376 g/mol. The van der Waals surface area contributed by atoms with E-state index < -0.39 is 24.0 Å². The summed E-state index contributed by atoms with van der Waals surface area (Å²) in [4.78, 5) is 7.33. The molecule has 138 valence electrons. The molecule has 0 aliphatic heterocycles. The average molecular weight is 389 g/mol. The van der Waals surface area contributed by atoms with Crippen LogP contribution in [0.3, 0.4) is 0 Å². The minimum Gasteiger partial charge on any atom is -0.404 e. The van der Waals surface area contributed by atoms with Crippen molar-refractivity contribution in [3.8, 4) is 5.75 Å². The lowest BCUT2D eigenvalue weighted by molar-refractivity contribution is -0.274. The lowest BCUT2D eigenvalue weighted by Gasteiger charge is -2.17. The van der Waals surface area contributed by atoms with Crippen LogP contribution < -0.4 is 4.74 Å². The normalized spacial score (nSPS) is 13.2. The molecule has 4 nitrogen and oxygen atoms in total. The zero-order valence-electron chi connectivity index (χ0n) is 13.4. The van der Waals surface area contributed by atoms with E-state index in [1.165, 1.54) is 30.3 Å². The van der Waals surface area contributed by atoms with E-state index >= 15 is 0 Å². The average Bonchev–Trinajstić information content (AvgIpc) is 2.96. The van der Waals surface area contributed by atoms with E-state index in [0.717, 1.165) is 6.07 Å². The Labute approximate surface area is 150 Å². The van der Waals surface area contributed by atoms with Gasteiger partial charge in [-0.25, -0.2) is 9.37 Å². The quantitative estimate of drug-likeness (QED) is 0.597. The molecule has 0 aliphatic rings. The highest BCUT2D eigenvalue weighted by molar-refractivity contribution is 6.32. The molecule has 0 amide bonds. The van der Waals surface area contributed by atoms with Crippen LogP contribution in [0.1, 0.15) is 24.4 Å². The van der Waals surface area contributed by atoms with Gasteiger partial charge in [-0.3, -0.25) is 0 Å². The standard InChI is InChI=1S/C17H13ClF4N2O2/c1-2-25-15(16-23-12-5-4-10(19)8-13(12)24-16)9-3-6-14(11(18)7-9)26-17(20,21)22/h3-8,15H,2H2,1H3,(H,23,24). The van der Waals surface area contributed by atoms with Gasteiger partial charge >= 0.3 is 6.36 Å². The minimum absolute atomic E-state index is 0.216. The zero-order valence-corrected chi connectivity index (χ0v) is 14.2. The number of aromatic amines is 1. The monoisotopic (exact) mass is 388 g/mol. The van der Waals surface area contributed by atoms with Crippen molar-refractivity contribution < 1.29 is 27.0 Å². The number of hydrogen-bond donors (Lipinski definition) is 1. The summed E-state index contributed by atoms with van der Waals surface area (Å²) in [6, 6.07) is 7.93. The van der Waals surface area contributed by atoms with Crippen molar-refractivity contribution in [1.82, 2.24) is 9.97 Å². The summed E-state index contributed by atoms with van der Waals surface area (Å²) >= 11 is 5.91. The predicted octanol–water partition coefficient (Wildman–Crippen LogP) is 5.38. The SMILES string of the molecule is CCOC(c1ccc(OC(F)(F)F)c(Cl)c1)c1nc2cc(F)ccc2[nH]1. The summed E-state index contributed by atoms with van der Waals surface area (Å²) < 4.78 is 60.0. The molecule has 1 heterocycles. The third-order valence-corrected chi connectivity index (χ3v) is 3.82. The molecule has 0 saturated carbocycles. The molecule has 2 aromatic carbocycles. The molecule has 0 saturated heterocycles. The topological polar surface area (TPSA) is 47.1 Å². The van der Waals surface area contributed by atoms with Gasteiger partial charge in [-0.2, -0.15) is 0 Å².